The lowest BCUT2D eigenvalue weighted by molar-refractivity contribution is -0.0419. The molecule has 3 heterocycles. The smallest absolute Gasteiger partial charge is 0.272 e. The van der Waals surface area contributed by atoms with E-state index in [-0.39, 0.29) is 25.4 Å². The first-order valence-corrected chi connectivity index (χ1v) is 11.6. The van der Waals surface area contributed by atoms with Crippen LogP contribution in [0, 0.1) is 5.82 Å². The minimum atomic E-state index is -2.78. The number of fused-ring (bicyclic) bond motifs is 2. The van der Waals surface area contributed by atoms with E-state index >= 15 is 0 Å². The third-order valence-electron chi connectivity index (χ3n) is 5.84. The standard InChI is InChI=1S/C23H23BrF3N5O2/c1-31-5-6-32(12-23(26,27)11-31)9-14-10-33-19-8-18-15(7-20(19)34-14)22(29-13-28-18)30-17-4-2-3-16(24)21(17)25/h2-4,7-8,13-14H,5-6,9-12H2,1H3,(H,28,29,30). The van der Waals surface area contributed by atoms with Crippen LogP contribution in [0.2, 0.25) is 0 Å². The second kappa shape index (κ2) is 9.20. The fourth-order valence-corrected chi connectivity index (χ4v) is 4.64. The van der Waals surface area contributed by atoms with Crippen molar-refractivity contribution in [3.63, 3.8) is 0 Å². The molecule has 0 saturated carbocycles. The average Bonchev–Trinajstić information content (AvgIpc) is 2.92. The van der Waals surface area contributed by atoms with Gasteiger partial charge >= 0.3 is 0 Å². The zero-order valence-electron chi connectivity index (χ0n) is 18.4. The Morgan fingerprint density at radius 3 is 2.88 bits per heavy atom. The lowest BCUT2D eigenvalue weighted by Crippen LogP contribution is -2.45. The molecule has 0 amide bonds. The first-order valence-electron chi connectivity index (χ1n) is 10.9. The molecule has 2 aliphatic rings. The van der Waals surface area contributed by atoms with Crippen molar-refractivity contribution in [2.24, 2.45) is 0 Å². The Hall–Kier alpha value is -2.63. The van der Waals surface area contributed by atoms with Gasteiger partial charge in [0.05, 0.1) is 28.8 Å². The maximum absolute atomic E-state index is 14.5. The van der Waals surface area contributed by atoms with Crippen LogP contribution < -0.4 is 14.8 Å². The monoisotopic (exact) mass is 537 g/mol. The molecule has 1 atom stereocenters. The molecule has 180 valence electrons. The largest absolute Gasteiger partial charge is 0.486 e. The lowest BCUT2D eigenvalue weighted by Gasteiger charge is -2.31. The molecule has 1 N–H and O–H groups in total. The molecule has 1 fully saturated rings. The summed E-state index contributed by atoms with van der Waals surface area (Å²) in [6.45, 7) is 1.08. The first-order chi connectivity index (χ1) is 16.3. The molecule has 0 aliphatic carbocycles. The first kappa shape index (κ1) is 23.1. The summed E-state index contributed by atoms with van der Waals surface area (Å²) in [7, 11) is 1.70. The van der Waals surface area contributed by atoms with Crippen molar-refractivity contribution in [2.75, 3.05) is 51.7 Å². The fraction of sp³-hybridized carbons (Fsp3) is 0.391. The summed E-state index contributed by atoms with van der Waals surface area (Å²) in [6.07, 6.45) is 0.975. The second-order valence-corrected chi connectivity index (χ2v) is 9.50. The van der Waals surface area contributed by atoms with Crippen LogP contribution in [0.4, 0.5) is 24.7 Å². The van der Waals surface area contributed by atoms with Gasteiger partial charge in [0.2, 0.25) is 0 Å². The number of nitrogens with zero attached hydrogens (tertiary/aromatic N) is 4. The maximum atomic E-state index is 14.5. The van der Waals surface area contributed by atoms with E-state index in [9.17, 15) is 13.2 Å². The van der Waals surface area contributed by atoms with Gasteiger partial charge in [-0.15, -0.1) is 0 Å². The number of hydrogen-bond acceptors (Lipinski definition) is 7. The molecule has 7 nitrogen and oxygen atoms in total. The molecule has 0 spiro atoms. The third kappa shape index (κ3) is 4.91. The number of benzene rings is 2. The van der Waals surface area contributed by atoms with Crippen molar-refractivity contribution >= 4 is 38.3 Å². The molecule has 11 heteroatoms. The van der Waals surface area contributed by atoms with Crippen molar-refractivity contribution < 1.29 is 22.6 Å². The Balaban J connectivity index is 1.38. The predicted octanol–water partition coefficient (Wildman–Crippen LogP) is 4.30. The second-order valence-electron chi connectivity index (χ2n) is 8.64. The molecular formula is C23H23BrF3N5O2. The van der Waals surface area contributed by atoms with E-state index in [1.807, 2.05) is 0 Å². The molecule has 1 unspecified atom stereocenters. The van der Waals surface area contributed by atoms with Crippen molar-refractivity contribution in [1.82, 2.24) is 19.8 Å². The van der Waals surface area contributed by atoms with E-state index < -0.39 is 17.8 Å². The van der Waals surface area contributed by atoms with Gasteiger partial charge < -0.3 is 14.8 Å². The highest BCUT2D eigenvalue weighted by Gasteiger charge is 2.37. The van der Waals surface area contributed by atoms with Crippen LogP contribution in [-0.2, 0) is 0 Å². The number of likely N-dealkylation sites (N-methyl/N-ethyl adjacent to an activating group) is 1. The Morgan fingerprint density at radius 2 is 2.03 bits per heavy atom. The Bertz CT molecular complexity index is 1210. The van der Waals surface area contributed by atoms with Gasteiger partial charge in [0.1, 0.15) is 24.9 Å². The number of ether oxygens (including phenoxy) is 2. The number of alkyl halides is 2. The van der Waals surface area contributed by atoms with Crippen LogP contribution in [-0.4, -0.2) is 78.2 Å². The number of rotatable bonds is 4. The van der Waals surface area contributed by atoms with Gasteiger partial charge in [-0.1, -0.05) is 6.07 Å². The highest BCUT2D eigenvalue weighted by atomic mass is 79.9. The van der Waals surface area contributed by atoms with Crippen molar-refractivity contribution in [3.05, 3.63) is 46.9 Å². The summed E-state index contributed by atoms with van der Waals surface area (Å²) in [4.78, 5) is 11.9. The Kier molecular flexibility index (Phi) is 6.26. The number of nitrogens with one attached hydrogen (secondary N) is 1. The predicted molar refractivity (Wildman–Crippen MR) is 126 cm³/mol. The summed E-state index contributed by atoms with van der Waals surface area (Å²) in [6, 6.07) is 8.40. The quantitative estimate of drug-likeness (QED) is 0.532. The lowest BCUT2D eigenvalue weighted by atomic mass is 10.1. The summed E-state index contributed by atoms with van der Waals surface area (Å²) in [5, 5.41) is 3.63. The topological polar surface area (TPSA) is 62.8 Å². The van der Waals surface area contributed by atoms with E-state index in [1.165, 1.54) is 6.33 Å². The fourth-order valence-electron chi connectivity index (χ4n) is 4.27. The zero-order chi connectivity index (χ0) is 23.9. The van der Waals surface area contributed by atoms with Crippen LogP contribution in [0.5, 0.6) is 11.5 Å². The van der Waals surface area contributed by atoms with E-state index in [1.54, 1.807) is 47.2 Å². The zero-order valence-corrected chi connectivity index (χ0v) is 20.0. The average molecular weight is 538 g/mol. The number of aromatic nitrogens is 2. The van der Waals surface area contributed by atoms with Crippen LogP contribution in [0.3, 0.4) is 0 Å². The van der Waals surface area contributed by atoms with E-state index in [0.29, 0.717) is 52.3 Å². The Labute approximate surface area is 203 Å². The van der Waals surface area contributed by atoms with Crippen LogP contribution in [0.25, 0.3) is 10.9 Å². The van der Waals surface area contributed by atoms with Gasteiger partial charge in [0, 0.05) is 31.1 Å². The molecule has 2 aromatic carbocycles. The summed E-state index contributed by atoms with van der Waals surface area (Å²) < 4.78 is 55.2. The summed E-state index contributed by atoms with van der Waals surface area (Å²) in [5.74, 6) is -1.83. The van der Waals surface area contributed by atoms with Crippen molar-refractivity contribution in [2.45, 2.75) is 12.0 Å². The number of halogens is 4. The minimum absolute atomic E-state index is 0.246. The number of hydrogen-bond donors (Lipinski definition) is 1. The van der Waals surface area contributed by atoms with E-state index in [2.05, 4.69) is 31.2 Å². The molecule has 1 saturated heterocycles. The summed E-state index contributed by atoms with van der Waals surface area (Å²) >= 11 is 3.18. The van der Waals surface area contributed by atoms with Gasteiger partial charge in [-0.3, -0.25) is 9.80 Å². The molecule has 0 bridgehead atoms. The van der Waals surface area contributed by atoms with E-state index in [0.717, 1.165) is 0 Å². The Morgan fingerprint density at radius 1 is 1.18 bits per heavy atom. The minimum Gasteiger partial charge on any atom is -0.486 e. The van der Waals surface area contributed by atoms with Gasteiger partial charge in [0.25, 0.3) is 5.92 Å². The number of anilines is 2. The molecule has 3 aromatic rings. The van der Waals surface area contributed by atoms with Gasteiger partial charge in [-0.05, 0) is 41.2 Å². The molecule has 2 aliphatic heterocycles. The van der Waals surface area contributed by atoms with Gasteiger partial charge in [-0.2, -0.15) is 0 Å². The maximum Gasteiger partial charge on any atom is 0.272 e. The van der Waals surface area contributed by atoms with Gasteiger partial charge in [0.15, 0.2) is 17.3 Å². The molecular weight excluding hydrogens is 515 g/mol. The van der Waals surface area contributed by atoms with Crippen LogP contribution in [0.1, 0.15) is 0 Å². The molecule has 0 radical (unpaired) electrons. The normalized spacial score (nSPS) is 20.8. The highest BCUT2D eigenvalue weighted by Crippen LogP contribution is 2.38. The highest BCUT2D eigenvalue weighted by molar-refractivity contribution is 9.10. The molecule has 34 heavy (non-hydrogen) atoms. The van der Waals surface area contributed by atoms with Crippen molar-refractivity contribution in [3.8, 4) is 11.5 Å². The van der Waals surface area contributed by atoms with Crippen molar-refractivity contribution in [1.29, 1.82) is 0 Å². The SMILES string of the molecule is CN1CCN(CC2COc3cc4ncnc(Nc5cccc(Br)c5F)c4cc3O2)CC(F)(F)C1. The summed E-state index contributed by atoms with van der Waals surface area (Å²) in [5.41, 5.74) is 0.859. The van der Waals surface area contributed by atoms with E-state index in [4.69, 9.17) is 9.47 Å². The van der Waals surface area contributed by atoms with Crippen LogP contribution >= 0.6 is 15.9 Å². The van der Waals surface area contributed by atoms with Gasteiger partial charge in [-0.25, -0.2) is 23.1 Å². The molecule has 5 rings (SSSR count). The molecule has 1 aromatic heterocycles. The third-order valence-corrected chi connectivity index (χ3v) is 6.45. The van der Waals surface area contributed by atoms with Crippen LogP contribution in [0.15, 0.2) is 41.1 Å².